The summed E-state index contributed by atoms with van der Waals surface area (Å²) in [7, 11) is 0. The first-order chi connectivity index (χ1) is 8.79. The van der Waals surface area contributed by atoms with Crippen molar-refractivity contribution >= 4 is 11.8 Å². The molecule has 4 heteroatoms. The van der Waals surface area contributed by atoms with Gasteiger partial charge in [-0.25, -0.2) is 0 Å². The summed E-state index contributed by atoms with van der Waals surface area (Å²) in [5.41, 5.74) is 0.158. The van der Waals surface area contributed by atoms with Gasteiger partial charge in [0.05, 0.1) is 11.7 Å². The number of hydrogen-bond donors (Lipinski definition) is 2. The summed E-state index contributed by atoms with van der Waals surface area (Å²) in [6, 6.07) is 0. The van der Waals surface area contributed by atoms with Crippen molar-refractivity contribution in [1.82, 2.24) is 5.32 Å². The minimum Gasteiger partial charge on any atom is -0.393 e. The molecule has 0 saturated carbocycles. The van der Waals surface area contributed by atoms with Gasteiger partial charge in [0, 0.05) is 19.1 Å². The molecule has 1 spiro atoms. The number of thioether (sulfide) groups is 1. The van der Waals surface area contributed by atoms with Gasteiger partial charge < -0.3 is 15.2 Å². The SMILES string of the molecule is OC1CCNCC1C1CCOC2(CCSCC2)C1. The summed E-state index contributed by atoms with van der Waals surface area (Å²) < 4.78 is 6.15. The van der Waals surface area contributed by atoms with Crippen LogP contribution in [0.5, 0.6) is 0 Å². The average molecular weight is 271 g/mol. The maximum absolute atomic E-state index is 10.2. The molecule has 0 aromatic rings. The van der Waals surface area contributed by atoms with Gasteiger partial charge in [0.1, 0.15) is 0 Å². The number of rotatable bonds is 1. The van der Waals surface area contributed by atoms with E-state index >= 15 is 0 Å². The van der Waals surface area contributed by atoms with E-state index in [0.717, 1.165) is 32.5 Å². The lowest BCUT2D eigenvalue weighted by Gasteiger charge is -2.47. The second kappa shape index (κ2) is 5.70. The molecule has 0 amide bonds. The maximum atomic E-state index is 10.2. The molecule has 3 fully saturated rings. The zero-order valence-electron chi connectivity index (χ0n) is 11.1. The number of hydrogen-bond acceptors (Lipinski definition) is 4. The Morgan fingerprint density at radius 1 is 1.22 bits per heavy atom. The van der Waals surface area contributed by atoms with Gasteiger partial charge in [-0.3, -0.25) is 0 Å². The summed E-state index contributed by atoms with van der Waals surface area (Å²) in [5, 5.41) is 13.7. The molecular weight excluding hydrogens is 246 g/mol. The predicted molar refractivity (Wildman–Crippen MR) is 74.9 cm³/mol. The van der Waals surface area contributed by atoms with E-state index in [1.807, 2.05) is 0 Å². The highest BCUT2D eigenvalue weighted by atomic mass is 32.2. The fraction of sp³-hybridized carbons (Fsp3) is 1.00. The molecule has 3 atom stereocenters. The van der Waals surface area contributed by atoms with E-state index in [2.05, 4.69) is 17.1 Å². The first-order valence-corrected chi connectivity index (χ1v) is 8.55. The topological polar surface area (TPSA) is 41.5 Å². The van der Waals surface area contributed by atoms with Gasteiger partial charge in [0.25, 0.3) is 0 Å². The highest BCUT2D eigenvalue weighted by Gasteiger charge is 2.42. The van der Waals surface area contributed by atoms with Crippen LogP contribution in [0, 0.1) is 11.8 Å². The van der Waals surface area contributed by atoms with E-state index in [1.54, 1.807) is 0 Å². The highest BCUT2D eigenvalue weighted by molar-refractivity contribution is 7.99. The molecule has 0 radical (unpaired) electrons. The Morgan fingerprint density at radius 3 is 2.83 bits per heavy atom. The molecule has 3 nitrogen and oxygen atoms in total. The summed E-state index contributed by atoms with van der Waals surface area (Å²) in [6.45, 7) is 2.87. The lowest BCUT2D eigenvalue weighted by molar-refractivity contribution is -0.121. The summed E-state index contributed by atoms with van der Waals surface area (Å²) in [5.74, 6) is 3.61. The molecule has 0 aromatic carbocycles. The number of aliphatic hydroxyl groups excluding tert-OH is 1. The number of aliphatic hydroxyl groups is 1. The van der Waals surface area contributed by atoms with Crippen LogP contribution < -0.4 is 5.32 Å². The minimum atomic E-state index is -0.0932. The highest BCUT2D eigenvalue weighted by Crippen LogP contribution is 2.43. The molecule has 104 valence electrons. The van der Waals surface area contributed by atoms with Crippen molar-refractivity contribution in [2.75, 3.05) is 31.2 Å². The molecular formula is C14H25NO2S. The van der Waals surface area contributed by atoms with Gasteiger partial charge in [-0.1, -0.05) is 0 Å². The third-order valence-corrected chi connectivity index (χ3v) is 6.02. The molecule has 3 unspecified atom stereocenters. The predicted octanol–water partition coefficient (Wildman–Crippen LogP) is 1.65. The van der Waals surface area contributed by atoms with E-state index in [1.165, 1.54) is 30.8 Å². The molecule has 3 rings (SSSR count). The molecule has 3 saturated heterocycles. The van der Waals surface area contributed by atoms with E-state index in [9.17, 15) is 5.11 Å². The number of piperidine rings is 1. The summed E-state index contributed by atoms with van der Waals surface area (Å²) >= 11 is 2.06. The summed E-state index contributed by atoms with van der Waals surface area (Å²) in [4.78, 5) is 0. The molecule has 2 N–H and O–H groups in total. The second-order valence-electron chi connectivity index (χ2n) is 6.12. The van der Waals surface area contributed by atoms with Crippen molar-refractivity contribution in [2.24, 2.45) is 11.8 Å². The van der Waals surface area contributed by atoms with Crippen molar-refractivity contribution in [3.8, 4) is 0 Å². The van der Waals surface area contributed by atoms with Crippen molar-refractivity contribution in [1.29, 1.82) is 0 Å². The Labute approximate surface area is 114 Å². The minimum absolute atomic E-state index is 0.0932. The fourth-order valence-electron chi connectivity index (χ4n) is 3.87. The number of ether oxygens (including phenoxy) is 1. The van der Waals surface area contributed by atoms with Crippen molar-refractivity contribution in [2.45, 2.75) is 43.8 Å². The molecule has 0 aliphatic carbocycles. The van der Waals surface area contributed by atoms with Crippen LogP contribution in [-0.4, -0.2) is 48.0 Å². The van der Waals surface area contributed by atoms with Crippen LogP contribution >= 0.6 is 11.8 Å². The second-order valence-corrected chi connectivity index (χ2v) is 7.35. The Kier molecular flexibility index (Phi) is 4.18. The largest absolute Gasteiger partial charge is 0.393 e. The monoisotopic (exact) mass is 271 g/mol. The van der Waals surface area contributed by atoms with Crippen molar-refractivity contribution < 1.29 is 9.84 Å². The zero-order valence-corrected chi connectivity index (χ0v) is 11.9. The van der Waals surface area contributed by atoms with Gasteiger partial charge in [-0.05, 0) is 56.1 Å². The lowest BCUT2D eigenvalue weighted by atomic mass is 9.73. The van der Waals surface area contributed by atoms with Crippen LogP contribution in [0.25, 0.3) is 0 Å². The summed E-state index contributed by atoms with van der Waals surface area (Å²) in [6.07, 6.45) is 5.57. The van der Waals surface area contributed by atoms with Crippen LogP contribution in [-0.2, 0) is 4.74 Å². The quantitative estimate of drug-likeness (QED) is 0.761. The third kappa shape index (κ3) is 2.72. The van der Waals surface area contributed by atoms with Crippen molar-refractivity contribution in [3.05, 3.63) is 0 Å². The van der Waals surface area contributed by atoms with Gasteiger partial charge in [-0.15, -0.1) is 0 Å². The third-order valence-electron chi connectivity index (χ3n) is 5.03. The Hall–Kier alpha value is 0.230. The average Bonchev–Trinajstić information content (AvgIpc) is 2.40. The molecule has 3 aliphatic rings. The molecule has 0 bridgehead atoms. The molecule has 18 heavy (non-hydrogen) atoms. The van der Waals surface area contributed by atoms with Crippen LogP contribution in [0.4, 0.5) is 0 Å². The smallest absolute Gasteiger partial charge is 0.0701 e. The zero-order chi connectivity index (χ0) is 12.4. The standard InChI is InChI=1S/C14H25NO2S/c16-13-1-5-15-10-12(13)11-2-6-17-14(9-11)3-7-18-8-4-14/h11-13,15-16H,1-10H2. The van der Waals surface area contributed by atoms with E-state index < -0.39 is 0 Å². The van der Waals surface area contributed by atoms with Gasteiger partial charge in [-0.2, -0.15) is 11.8 Å². The molecule has 3 heterocycles. The van der Waals surface area contributed by atoms with Crippen LogP contribution in [0.3, 0.4) is 0 Å². The van der Waals surface area contributed by atoms with E-state index in [-0.39, 0.29) is 11.7 Å². The van der Waals surface area contributed by atoms with Gasteiger partial charge >= 0.3 is 0 Å². The Balaban J connectivity index is 1.65. The molecule has 0 aromatic heterocycles. The van der Waals surface area contributed by atoms with Crippen molar-refractivity contribution in [3.63, 3.8) is 0 Å². The maximum Gasteiger partial charge on any atom is 0.0701 e. The number of nitrogens with one attached hydrogen (secondary N) is 1. The van der Waals surface area contributed by atoms with Gasteiger partial charge in [0.15, 0.2) is 0 Å². The van der Waals surface area contributed by atoms with Crippen LogP contribution in [0.2, 0.25) is 0 Å². The fourth-order valence-corrected chi connectivity index (χ4v) is 5.11. The Morgan fingerprint density at radius 2 is 2.06 bits per heavy atom. The van der Waals surface area contributed by atoms with E-state index in [0.29, 0.717) is 11.8 Å². The molecule has 3 aliphatic heterocycles. The first-order valence-electron chi connectivity index (χ1n) is 7.40. The first kappa shape index (κ1) is 13.2. The normalized spacial score (nSPS) is 40.8. The Bertz CT molecular complexity index is 275. The van der Waals surface area contributed by atoms with E-state index in [4.69, 9.17) is 4.74 Å². The van der Waals surface area contributed by atoms with Crippen LogP contribution in [0.15, 0.2) is 0 Å². The van der Waals surface area contributed by atoms with Crippen LogP contribution in [0.1, 0.15) is 32.1 Å². The van der Waals surface area contributed by atoms with Gasteiger partial charge in [0.2, 0.25) is 0 Å². The lowest BCUT2D eigenvalue weighted by Crippen LogP contribution is -2.50.